The number of aldehydes is 1. The van der Waals surface area contributed by atoms with Crippen LogP contribution >= 0.6 is 0 Å². The fourth-order valence-corrected chi connectivity index (χ4v) is 2.78. The van der Waals surface area contributed by atoms with E-state index in [4.69, 9.17) is 8.85 Å². The average molecular weight is 188 g/mol. The fourth-order valence-electron chi connectivity index (χ4n) is 0.925. The highest BCUT2D eigenvalue weighted by atomic mass is 28.4. The van der Waals surface area contributed by atoms with E-state index in [2.05, 4.69) is 0 Å². The minimum absolute atomic E-state index is 0.617. The molecule has 0 heterocycles. The second-order valence-electron chi connectivity index (χ2n) is 2.38. The highest BCUT2D eigenvalue weighted by Gasteiger charge is 2.26. The van der Waals surface area contributed by atoms with E-state index in [9.17, 15) is 4.79 Å². The van der Waals surface area contributed by atoms with Crippen molar-refractivity contribution in [2.45, 2.75) is 20.4 Å². The maximum atomic E-state index is 10.1. The summed E-state index contributed by atoms with van der Waals surface area (Å²) in [7, 11) is -2.18. The number of carbonyl (C=O) groups excluding carboxylic acids is 1. The standard InChI is InChI=1S/C8H16O3Si/c1-4-10-12(3,11-5-2)8-6-7-9/h6-8H,4-5H2,1-3H3. The van der Waals surface area contributed by atoms with Gasteiger partial charge in [-0.1, -0.05) is 0 Å². The predicted molar refractivity (Wildman–Crippen MR) is 50.1 cm³/mol. The average Bonchev–Trinajstić information content (AvgIpc) is 2.02. The Kier molecular flexibility index (Phi) is 5.88. The Morgan fingerprint density at radius 2 is 1.75 bits per heavy atom. The van der Waals surface area contributed by atoms with Crippen LogP contribution in [-0.2, 0) is 13.6 Å². The molecular weight excluding hydrogens is 172 g/mol. The molecule has 0 aromatic rings. The molecule has 70 valence electrons. The molecule has 0 saturated heterocycles. The Bertz CT molecular complexity index is 150. The van der Waals surface area contributed by atoms with Crippen molar-refractivity contribution in [1.82, 2.24) is 0 Å². The van der Waals surface area contributed by atoms with Crippen molar-refractivity contribution >= 4 is 14.8 Å². The quantitative estimate of drug-likeness (QED) is 0.359. The van der Waals surface area contributed by atoms with Crippen molar-refractivity contribution in [3.8, 4) is 0 Å². The van der Waals surface area contributed by atoms with E-state index in [0.29, 0.717) is 13.2 Å². The van der Waals surface area contributed by atoms with Gasteiger partial charge < -0.3 is 8.85 Å². The number of allylic oxidation sites excluding steroid dienone is 1. The van der Waals surface area contributed by atoms with Crippen LogP contribution in [0.2, 0.25) is 6.55 Å². The van der Waals surface area contributed by atoms with E-state index in [1.807, 2.05) is 20.4 Å². The minimum atomic E-state index is -2.18. The van der Waals surface area contributed by atoms with Crippen LogP contribution in [0.3, 0.4) is 0 Å². The van der Waals surface area contributed by atoms with Gasteiger partial charge in [-0.2, -0.15) is 0 Å². The first-order valence-corrected chi connectivity index (χ1v) is 6.48. The van der Waals surface area contributed by atoms with Gasteiger partial charge in [0.2, 0.25) is 0 Å². The maximum absolute atomic E-state index is 10.1. The molecule has 0 bridgehead atoms. The molecule has 0 aromatic carbocycles. The summed E-state index contributed by atoms with van der Waals surface area (Å²) in [5.74, 6) is 0. The molecule has 0 aromatic heterocycles. The summed E-state index contributed by atoms with van der Waals surface area (Å²) in [6.45, 7) is 6.98. The van der Waals surface area contributed by atoms with E-state index >= 15 is 0 Å². The lowest BCUT2D eigenvalue weighted by molar-refractivity contribution is -0.104. The van der Waals surface area contributed by atoms with Gasteiger partial charge in [0, 0.05) is 13.2 Å². The van der Waals surface area contributed by atoms with Crippen LogP contribution in [0.4, 0.5) is 0 Å². The first-order chi connectivity index (χ1) is 5.68. The number of hydrogen-bond donors (Lipinski definition) is 0. The van der Waals surface area contributed by atoms with Crippen LogP contribution in [0.15, 0.2) is 11.8 Å². The molecule has 0 aliphatic carbocycles. The Hall–Kier alpha value is -0.453. The molecule has 0 aliphatic rings. The van der Waals surface area contributed by atoms with Crippen molar-refractivity contribution in [1.29, 1.82) is 0 Å². The zero-order chi connectivity index (χ0) is 9.45. The van der Waals surface area contributed by atoms with Gasteiger partial charge in [-0.05, 0) is 32.2 Å². The topological polar surface area (TPSA) is 35.5 Å². The SMILES string of the molecule is CCO[Si](C)(C=CC=O)OCC. The minimum Gasteiger partial charge on any atom is -0.392 e. The molecule has 0 N–H and O–H groups in total. The van der Waals surface area contributed by atoms with E-state index in [-0.39, 0.29) is 0 Å². The number of hydrogen-bond acceptors (Lipinski definition) is 3. The third-order valence-electron chi connectivity index (χ3n) is 1.34. The van der Waals surface area contributed by atoms with E-state index in [1.165, 1.54) is 6.08 Å². The van der Waals surface area contributed by atoms with Crippen molar-refractivity contribution < 1.29 is 13.6 Å². The van der Waals surface area contributed by atoms with Crippen molar-refractivity contribution in [3.63, 3.8) is 0 Å². The molecule has 0 fully saturated rings. The second kappa shape index (κ2) is 6.11. The van der Waals surface area contributed by atoms with Gasteiger partial charge in [0.1, 0.15) is 6.29 Å². The molecule has 0 atom stereocenters. The molecule has 0 radical (unpaired) electrons. The second-order valence-corrected chi connectivity index (χ2v) is 5.32. The van der Waals surface area contributed by atoms with Gasteiger partial charge >= 0.3 is 8.56 Å². The lowest BCUT2D eigenvalue weighted by Gasteiger charge is -2.21. The summed E-state index contributed by atoms with van der Waals surface area (Å²) >= 11 is 0. The van der Waals surface area contributed by atoms with Crippen molar-refractivity contribution in [3.05, 3.63) is 11.8 Å². The first-order valence-electron chi connectivity index (χ1n) is 4.09. The first kappa shape index (κ1) is 11.5. The van der Waals surface area contributed by atoms with E-state index in [1.54, 1.807) is 5.70 Å². The lowest BCUT2D eigenvalue weighted by atomic mass is 10.7. The smallest absolute Gasteiger partial charge is 0.361 e. The molecule has 0 rings (SSSR count). The van der Waals surface area contributed by atoms with Gasteiger partial charge in [0.15, 0.2) is 0 Å². The Morgan fingerprint density at radius 3 is 2.08 bits per heavy atom. The van der Waals surface area contributed by atoms with Gasteiger partial charge in [-0.25, -0.2) is 0 Å². The number of rotatable bonds is 6. The lowest BCUT2D eigenvalue weighted by Crippen LogP contribution is -2.36. The van der Waals surface area contributed by atoms with E-state index in [0.717, 1.165) is 6.29 Å². The van der Waals surface area contributed by atoms with Gasteiger partial charge in [-0.3, -0.25) is 4.79 Å². The monoisotopic (exact) mass is 188 g/mol. The molecule has 12 heavy (non-hydrogen) atoms. The Morgan fingerprint density at radius 1 is 1.25 bits per heavy atom. The maximum Gasteiger partial charge on any atom is 0.361 e. The molecule has 0 unspecified atom stereocenters. The Labute approximate surface area is 74.6 Å². The van der Waals surface area contributed by atoms with Crippen LogP contribution in [0.5, 0.6) is 0 Å². The van der Waals surface area contributed by atoms with Crippen LogP contribution in [-0.4, -0.2) is 28.1 Å². The molecular formula is C8H16O3Si. The Balaban J connectivity index is 4.15. The highest BCUT2D eigenvalue weighted by molar-refractivity contribution is 6.71. The molecule has 0 saturated carbocycles. The third-order valence-corrected chi connectivity index (χ3v) is 3.86. The number of carbonyl (C=O) groups is 1. The molecule has 0 aliphatic heterocycles. The molecule has 4 heteroatoms. The molecule has 0 spiro atoms. The zero-order valence-corrected chi connectivity index (χ0v) is 8.87. The van der Waals surface area contributed by atoms with Crippen LogP contribution in [0.1, 0.15) is 13.8 Å². The third kappa shape index (κ3) is 4.43. The van der Waals surface area contributed by atoms with Crippen molar-refractivity contribution in [2.75, 3.05) is 13.2 Å². The predicted octanol–water partition coefficient (Wildman–Crippen LogP) is 1.43. The summed E-state index contributed by atoms with van der Waals surface area (Å²) in [4.78, 5) is 10.1. The zero-order valence-electron chi connectivity index (χ0n) is 7.87. The van der Waals surface area contributed by atoms with Crippen LogP contribution < -0.4 is 0 Å². The summed E-state index contributed by atoms with van der Waals surface area (Å²) in [6, 6.07) is 0. The normalized spacial score (nSPS) is 12.2. The van der Waals surface area contributed by atoms with Gasteiger partial charge in [0.25, 0.3) is 0 Å². The summed E-state index contributed by atoms with van der Waals surface area (Å²) in [5, 5.41) is 0. The molecule has 0 amide bonds. The van der Waals surface area contributed by atoms with E-state index < -0.39 is 8.56 Å². The van der Waals surface area contributed by atoms with Gasteiger partial charge in [-0.15, -0.1) is 0 Å². The highest BCUT2D eigenvalue weighted by Crippen LogP contribution is 2.08. The summed E-state index contributed by atoms with van der Waals surface area (Å²) in [5.41, 5.74) is 1.74. The van der Waals surface area contributed by atoms with Gasteiger partial charge in [0.05, 0.1) is 0 Å². The summed E-state index contributed by atoms with van der Waals surface area (Å²) in [6.07, 6.45) is 2.18. The van der Waals surface area contributed by atoms with Crippen LogP contribution in [0.25, 0.3) is 0 Å². The molecule has 3 nitrogen and oxygen atoms in total. The summed E-state index contributed by atoms with van der Waals surface area (Å²) < 4.78 is 10.9. The van der Waals surface area contributed by atoms with Crippen molar-refractivity contribution in [2.24, 2.45) is 0 Å². The fraction of sp³-hybridized carbons (Fsp3) is 0.625. The van der Waals surface area contributed by atoms with Crippen LogP contribution in [0, 0.1) is 0 Å². The largest absolute Gasteiger partial charge is 0.392 e.